The van der Waals surface area contributed by atoms with E-state index in [0.29, 0.717) is 30.5 Å². The molecule has 0 saturated carbocycles. The van der Waals surface area contributed by atoms with Gasteiger partial charge in [-0.05, 0) is 73.7 Å². The topological polar surface area (TPSA) is 82.5 Å². The Kier molecular flexibility index (Phi) is 6.70. The fourth-order valence-corrected chi connectivity index (χ4v) is 4.27. The number of hydrogen-bond acceptors (Lipinski definition) is 4. The van der Waals surface area contributed by atoms with Gasteiger partial charge in [-0.15, -0.1) is 0 Å². The number of fused-ring (bicyclic) bond motifs is 1. The van der Waals surface area contributed by atoms with Crippen LogP contribution in [-0.4, -0.2) is 39.2 Å². The number of benzene rings is 2. The van der Waals surface area contributed by atoms with Gasteiger partial charge >= 0.3 is 0 Å². The molecule has 0 radical (unpaired) electrons. The lowest BCUT2D eigenvalue weighted by Gasteiger charge is -2.17. The van der Waals surface area contributed by atoms with E-state index < -0.39 is 17.1 Å². The third kappa shape index (κ3) is 5.33. The summed E-state index contributed by atoms with van der Waals surface area (Å²) in [6, 6.07) is 11.7. The SMILES string of the molecule is O=C(c1cc(F)cc(CCCNS(=O)O)c1)c1ccc2ncc(N3CCCC3)cc2c1. The molecule has 4 rings (SSSR count). The number of rotatable bonds is 8. The van der Waals surface area contributed by atoms with E-state index in [1.807, 2.05) is 18.3 Å². The number of carbonyl (C=O) groups excluding carboxylic acids is 1. The molecule has 0 spiro atoms. The van der Waals surface area contributed by atoms with Crippen molar-refractivity contribution in [2.24, 2.45) is 0 Å². The molecule has 2 heterocycles. The monoisotopic (exact) mass is 441 g/mol. The van der Waals surface area contributed by atoms with E-state index in [1.165, 1.54) is 25.0 Å². The predicted molar refractivity (Wildman–Crippen MR) is 120 cm³/mol. The molecule has 2 aromatic carbocycles. The van der Waals surface area contributed by atoms with Crippen molar-refractivity contribution < 1.29 is 17.9 Å². The molecule has 8 heteroatoms. The molecular weight excluding hydrogens is 417 g/mol. The lowest BCUT2D eigenvalue weighted by Crippen LogP contribution is -2.17. The van der Waals surface area contributed by atoms with Crippen molar-refractivity contribution in [3.63, 3.8) is 0 Å². The van der Waals surface area contributed by atoms with Gasteiger partial charge in [0, 0.05) is 36.1 Å². The summed E-state index contributed by atoms with van der Waals surface area (Å²) < 4.78 is 35.9. The van der Waals surface area contributed by atoms with Crippen LogP contribution in [0.25, 0.3) is 10.9 Å². The molecule has 3 aromatic rings. The summed E-state index contributed by atoms with van der Waals surface area (Å²) in [5.74, 6) is -0.720. The van der Waals surface area contributed by atoms with Gasteiger partial charge in [0.1, 0.15) is 5.82 Å². The molecule has 1 unspecified atom stereocenters. The van der Waals surface area contributed by atoms with Crippen LogP contribution in [0.2, 0.25) is 0 Å². The summed E-state index contributed by atoms with van der Waals surface area (Å²) in [4.78, 5) is 19.9. The summed E-state index contributed by atoms with van der Waals surface area (Å²) in [6.45, 7) is 2.35. The molecule has 162 valence electrons. The van der Waals surface area contributed by atoms with Crippen LogP contribution in [0.4, 0.5) is 10.1 Å². The normalized spacial score (nSPS) is 14.8. The van der Waals surface area contributed by atoms with Crippen LogP contribution in [-0.2, 0) is 17.7 Å². The maximum atomic E-state index is 14.1. The molecule has 0 aliphatic carbocycles. The van der Waals surface area contributed by atoms with Crippen LogP contribution in [0, 0.1) is 5.82 Å². The Bertz CT molecular complexity index is 1130. The number of carbonyl (C=O) groups is 1. The molecule has 1 aliphatic heterocycles. The summed E-state index contributed by atoms with van der Waals surface area (Å²) >= 11 is -2.07. The fraction of sp³-hybridized carbons (Fsp3) is 0.304. The van der Waals surface area contributed by atoms with Crippen LogP contribution >= 0.6 is 0 Å². The maximum Gasteiger partial charge on any atom is 0.231 e. The van der Waals surface area contributed by atoms with Crippen LogP contribution in [0.15, 0.2) is 48.7 Å². The van der Waals surface area contributed by atoms with E-state index in [1.54, 1.807) is 12.1 Å². The highest BCUT2D eigenvalue weighted by molar-refractivity contribution is 7.77. The van der Waals surface area contributed by atoms with Gasteiger partial charge in [-0.1, -0.05) is 0 Å². The molecule has 1 aliphatic rings. The summed E-state index contributed by atoms with van der Waals surface area (Å²) in [6.07, 6.45) is 5.25. The average molecular weight is 442 g/mol. The number of halogens is 1. The number of nitrogens with zero attached hydrogens (tertiary/aromatic N) is 2. The van der Waals surface area contributed by atoms with Crippen molar-refractivity contribution in [1.82, 2.24) is 9.71 Å². The first-order chi connectivity index (χ1) is 15.0. The summed E-state index contributed by atoms with van der Waals surface area (Å²) in [7, 11) is 0. The van der Waals surface area contributed by atoms with Gasteiger partial charge in [-0.3, -0.25) is 14.3 Å². The highest BCUT2D eigenvalue weighted by Crippen LogP contribution is 2.25. The zero-order valence-electron chi connectivity index (χ0n) is 17.0. The Morgan fingerprint density at radius 2 is 1.94 bits per heavy atom. The van der Waals surface area contributed by atoms with Crippen LogP contribution in [0.5, 0.6) is 0 Å². The smallest absolute Gasteiger partial charge is 0.231 e. The van der Waals surface area contributed by atoms with Crippen molar-refractivity contribution in [2.75, 3.05) is 24.5 Å². The van der Waals surface area contributed by atoms with E-state index in [2.05, 4.69) is 20.7 Å². The third-order valence-electron chi connectivity index (χ3n) is 5.49. The average Bonchev–Trinajstić information content (AvgIpc) is 3.30. The minimum atomic E-state index is -2.07. The van der Waals surface area contributed by atoms with Crippen molar-refractivity contribution in [2.45, 2.75) is 25.7 Å². The van der Waals surface area contributed by atoms with E-state index >= 15 is 0 Å². The van der Waals surface area contributed by atoms with E-state index in [4.69, 9.17) is 4.55 Å². The molecule has 1 aromatic heterocycles. The molecule has 1 atom stereocenters. The van der Waals surface area contributed by atoms with Gasteiger partial charge in [-0.2, -0.15) is 0 Å². The fourth-order valence-electron chi connectivity index (χ4n) is 3.95. The van der Waals surface area contributed by atoms with Gasteiger partial charge < -0.3 is 4.90 Å². The first-order valence-electron chi connectivity index (χ1n) is 10.3. The van der Waals surface area contributed by atoms with Gasteiger partial charge in [-0.25, -0.2) is 13.3 Å². The number of anilines is 1. The van der Waals surface area contributed by atoms with E-state index in [-0.39, 0.29) is 11.3 Å². The highest BCUT2D eigenvalue weighted by Gasteiger charge is 2.15. The second-order valence-corrected chi connectivity index (χ2v) is 8.51. The Balaban J connectivity index is 1.55. The molecule has 6 nitrogen and oxygen atoms in total. The largest absolute Gasteiger partial charge is 0.370 e. The summed E-state index contributed by atoms with van der Waals surface area (Å²) in [5, 5.41) is 0.884. The first kappa shape index (κ1) is 21.5. The lowest BCUT2D eigenvalue weighted by molar-refractivity contribution is 0.103. The molecule has 2 N–H and O–H groups in total. The van der Waals surface area contributed by atoms with Crippen LogP contribution in [0.1, 0.15) is 40.7 Å². The minimum Gasteiger partial charge on any atom is -0.370 e. The van der Waals surface area contributed by atoms with Crippen molar-refractivity contribution >= 4 is 33.6 Å². The maximum absolute atomic E-state index is 14.1. The van der Waals surface area contributed by atoms with Crippen LogP contribution < -0.4 is 9.62 Å². The molecule has 0 bridgehead atoms. The third-order valence-corrected chi connectivity index (χ3v) is 5.94. The van der Waals surface area contributed by atoms with Crippen molar-refractivity contribution in [3.05, 3.63) is 71.2 Å². The molecule has 1 fully saturated rings. The molecular formula is C23H24FN3O3S. The highest BCUT2D eigenvalue weighted by atomic mass is 32.2. The van der Waals surface area contributed by atoms with Gasteiger partial charge in [0.15, 0.2) is 5.78 Å². The number of aryl methyl sites for hydroxylation is 1. The molecule has 31 heavy (non-hydrogen) atoms. The number of pyridine rings is 1. The predicted octanol–water partition coefficient (Wildman–Crippen LogP) is 3.86. The van der Waals surface area contributed by atoms with Gasteiger partial charge in [0.05, 0.1) is 17.4 Å². The molecule has 1 saturated heterocycles. The quantitative estimate of drug-likeness (QED) is 0.315. The number of nitrogens with one attached hydrogen (secondary N) is 1. The molecule has 0 amide bonds. The zero-order chi connectivity index (χ0) is 21.8. The first-order valence-corrected chi connectivity index (χ1v) is 11.4. The Labute approximate surface area is 182 Å². The van der Waals surface area contributed by atoms with Gasteiger partial charge in [0.25, 0.3) is 0 Å². The number of ketones is 1. The van der Waals surface area contributed by atoms with Gasteiger partial charge in [0.2, 0.25) is 11.3 Å². The van der Waals surface area contributed by atoms with E-state index in [0.717, 1.165) is 29.7 Å². The Hall–Kier alpha value is -2.68. The lowest BCUT2D eigenvalue weighted by atomic mass is 9.98. The number of hydrogen-bond donors (Lipinski definition) is 2. The minimum absolute atomic E-state index is 0.246. The van der Waals surface area contributed by atoms with Crippen molar-refractivity contribution in [1.29, 1.82) is 0 Å². The second-order valence-electron chi connectivity index (χ2n) is 7.72. The van der Waals surface area contributed by atoms with Crippen molar-refractivity contribution in [3.8, 4) is 0 Å². The number of aromatic nitrogens is 1. The standard InChI is InChI=1S/C23H24FN3O3S/c24-20-11-16(4-3-7-26-31(29)30)10-19(13-20)23(28)17-5-6-22-18(12-17)14-21(15-25-22)27-8-1-2-9-27/h5-6,10-15,26H,1-4,7-9H2,(H,29,30). The Morgan fingerprint density at radius 1 is 1.13 bits per heavy atom. The van der Waals surface area contributed by atoms with E-state index in [9.17, 15) is 13.4 Å². The summed E-state index contributed by atoms with van der Waals surface area (Å²) in [5.41, 5.74) is 3.32. The zero-order valence-corrected chi connectivity index (χ0v) is 17.8. The van der Waals surface area contributed by atoms with Crippen LogP contribution in [0.3, 0.4) is 0 Å². The Morgan fingerprint density at radius 3 is 2.71 bits per heavy atom. The second kappa shape index (κ2) is 9.64.